The van der Waals surface area contributed by atoms with Crippen LogP contribution in [0.4, 0.5) is 0 Å². The van der Waals surface area contributed by atoms with E-state index in [0.717, 1.165) is 33.6 Å². The van der Waals surface area contributed by atoms with E-state index in [4.69, 9.17) is 14.2 Å². The number of ether oxygens (including phenoxy) is 3. The van der Waals surface area contributed by atoms with E-state index in [1.165, 1.54) is 5.56 Å². The van der Waals surface area contributed by atoms with Crippen LogP contribution in [0, 0.1) is 13.8 Å². The Bertz CT molecular complexity index is 704. The maximum Gasteiger partial charge on any atom is 0.175 e. The molecule has 2 aromatic carbocycles. The number of nitrogens with one attached hydrogen (secondary N) is 1. The highest BCUT2D eigenvalue weighted by molar-refractivity contribution is 9.10. The topological polar surface area (TPSA) is 39.7 Å². The molecule has 0 aliphatic rings. The largest absolute Gasteiger partial charge is 0.490 e. The van der Waals surface area contributed by atoms with Crippen molar-refractivity contribution in [1.29, 1.82) is 0 Å². The maximum atomic E-state index is 5.93. The molecule has 0 radical (unpaired) electrons. The molecule has 0 heterocycles. The molecule has 1 N–H and O–H groups in total. The number of hydrogen-bond donors (Lipinski definition) is 1. The minimum absolute atomic E-state index is 0.442. The van der Waals surface area contributed by atoms with Gasteiger partial charge in [-0.15, -0.1) is 0 Å². The molecular formula is C20H26BrNO3. The van der Waals surface area contributed by atoms with E-state index < -0.39 is 0 Å². The maximum absolute atomic E-state index is 5.93. The summed E-state index contributed by atoms with van der Waals surface area (Å²) in [6.45, 7) is 8.34. The smallest absolute Gasteiger partial charge is 0.175 e. The molecule has 5 heteroatoms. The predicted octanol–water partition coefficient (Wildman–Crippen LogP) is 4.64. The van der Waals surface area contributed by atoms with Crippen LogP contribution >= 0.6 is 15.9 Å². The van der Waals surface area contributed by atoms with Gasteiger partial charge in [-0.3, -0.25) is 0 Å². The summed E-state index contributed by atoms with van der Waals surface area (Å²) in [6, 6.07) is 10.2. The molecule has 0 aliphatic carbocycles. The first-order valence-electron chi connectivity index (χ1n) is 8.47. The fraction of sp³-hybridized carbons (Fsp3) is 0.400. The summed E-state index contributed by atoms with van der Waals surface area (Å²) < 4.78 is 18.4. The Labute approximate surface area is 158 Å². The van der Waals surface area contributed by atoms with Gasteiger partial charge >= 0.3 is 0 Å². The minimum atomic E-state index is 0.442. The number of hydrogen-bond acceptors (Lipinski definition) is 4. The van der Waals surface area contributed by atoms with Crippen molar-refractivity contribution in [2.45, 2.75) is 27.3 Å². The van der Waals surface area contributed by atoms with Gasteiger partial charge in [0, 0.05) is 6.54 Å². The van der Waals surface area contributed by atoms with Crippen LogP contribution in [0.15, 0.2) is 34.8 Å². The second-order valence-corrected chi connectivity index (χ2v) is 6.69. The Kier molecular flexibility index (Phi) is 7.59. The first kappa shape index (κ1) is 19.6. The Morgan fingerprint density at radius 2 is 1.72 bits per heavy atom. The highest BCUT2D eigenvalue weighted by atomic mass is 79.9. The van der Waals surface area contributed by atoms with Crippen molar-refractivity contribution in [3.05, 3.63) is 51.5 Å². The lowest BCUT2D eigenvalue weighted by molar-refractivity contribution is 0.206. The van der Waals surface area contributed by atoms with E-state index in [2.05, 4.69) is 40.3 Å². The molecular weight excluding hydrogens is 382 g/mol. The van der Waals surface area contributed by atoms with Crippen LogP contribution in [0.25, 0.3) is 0 Å². The van der Waals surface area contributed by atoms with Crippen LogP contribution in [0.1, 0.15) is 23.6 Å². The lowest BCUT2D eigenvalue weighted by Crippen LogP contribution is -2.11. The summed E-state index contributed by atoms with van der Waals surface area (Å²) in [5.41, 5.74) is 3.44. The highest BCUT2D eigenvalue weighted by Crippen LogP contribution is 2.37. The summed E-state index contributed by atoms with van der Waals surface area (Å²) in [7, 11) is 1.92. The second-order valence-electron chi connectivity index (χ2n) is 5.83. The van der Waals surface area contributed by atoms with Crippen LogP contribution in [0.3, 0.4) is 0 Å². The van der Waals surface area contributed by atoms with E-state index in [0.29, 0.717) is 25.6 Å². The molecule has 0 atom stereocenters. The molecule has 0 spiro atoms. The van der Waals surface area contributed by atoms with Crippen molar-refractivity contribution in [3.63, 3.8) is 0 Å². The Morgan fingerprint density at radius 1 is 0.960 bits per heavy atom. The van der Waals surface area contributed by atoms with Gasteiger partial charge < -0.3 is 19.5 Å². The van der Waals surface area contributed by atoms with E-state index in [1.807, 2.05) is 39.1 Å². The van der Waals surface area contributed by atoms with Crippen LogP contribution in [0.5, 0.6) is 17.2 Å². The van der Waals surface area contributed by atoms with Crippen LogP contribution < -0.4 is 19.5 Å². The second kappa shape index (κ2) is 9.68. The molecule has 0 saturated heterocycles. The van der Waals surface area contributed by atoms with Crippen molar-refractivity contribution in [2.75, 3.05) is 26.9 Å². The van der Waals surface area contributed by atoms with Gasteiger partial charge in [-0.2, -0.15) is 0 Å². The molecule has 4 nitrogen and oxygen atoms in total. The van der Waals surface area contributed by atoms with Gasteiger partial charge in [-0.25, -0.2) is 0 Å². The standard InChI is InChI=1S/C20H26BrNO3/c1-5-23-19-12-16(13-22-4)11-17(21)20(19)25-9-8-24-18-10-14(2)6-7-15(18)3/h6-7,10-12,22H,5,8-9,13H2,1-4H3. The average Bonchev–Trinajstić information content (AvgIpc) is 2.57. The Hall–Kier alpha value is -1.72. The molecule has 2 aromatic rings. The first-order valence-corrected chi connectivity index (χ1v) is 9.27. The van der Waals surface area contributed by atoms with Gasteiger partial charge in [0.05, 0.1) is 11.1 Å². The Morgan fingerprint density at radius 3 is 2.44 bits per heavy atom. The molecule has 0 aliphatic heterocycles. The van der Waals surface area contributed by atoms with Gasteiger partial charge in [0.15, 0.2) is 11.5 Å². The van der Waals surface area contributed by atoms with Crippen LogP contribution in [-0.2, 0) is 6.54 Å². The predicted molar refractivity (Wildman–Crippen MR) is 105 cm³/mol. The summed E-state index contributed by atoms with van der Waals surface area (Å²) in [6.07, 6.45) is 0. The van der Waals surface area contributed by atoms with Crippen molar-refractivity contribution >= 4 is 15.9 Å². The van der Waals surface area contributed by atoms with Gasteiger partial charge in [0.2, 0.25) is 0 Å². The molecule has 136 valence electrons. The molecule has 0 aromatic heterocycles. The fourth-order valence-corrected chi connectivity index (χ4v) is 3.09. The van der Waals surface area contributed by atoms with E-state index in [1.54, 1.807) is 0 Å². The average molecular weight is 408 g/mol. The quantitative estimate of drug-likeness (QED) is 0.614. The zero-order chi connectivity index (χ0) is 18.2. The molecule has 0 bridgehead atoms. The number of halogens is 1. The van der Waals surface area contributed by atoms with E-state index in [9.17, 15) is 0 Å². The SMILES string of the molecule is CCOc1cc(CNC)cc(Br)c1OCCOc1cc(C)ccc1C. The Balaban J connectivity index is 2.00. The van der Waals surface area contributed by atoms with Gasteiger partial charge in [0.25, 0.3) is 0 Å². The van der Waals surface area contributed by atoms with E-state index in [-0.39, 0.29) is 0 Å². The summed E-state index contributed by atoms with van der Waals surface area (Å²) >= 11 is 3.58. The van der Waals surface area contributed by atoms with Crippen molar-refractivity contribution in [1.82, 2.24) is 5.32 Å². The van der Waals surface area contributed by atoms with E-state index >= 15 is 0 Å². The molecule has 0 fully saturated rings. The third-order valence-electron chi connectivity index (χ3n) is 3.68. The summed E-state index contributed by atoms with van der Waals surface area (Å²) in [5, 5.41) is 3.14. The lowest BCUT2D eigenvalue weighted by Gasteiger charge is -2.16. The van der Waals surface area contributed by atoms with Crippen molar-refractivity contribution in [2.24, 2.45) is 0 Å². The monoisotopic (exact) mass is 407 g/mol. The molecule has 0 saturated carbocycles. The summed E-state index contributed by atoms with van der Waals surface area (Å²) in [5.74, 6) is 2.36. The third-order valence-corrected chi connectivity index (χ3v) is 4.27. The zero-order valence-corrected chi connectivity index (χ0v) is 16.9. The van der Waals surface area contributed by atoms with Crippen molar-refractivity contribution in [3.8, 4) is 17.2 Å². The van der Waals surface area contributed by atoms with Crippen molar-refractivity contribution < 1.29 is 14.2 Å². The lowest BCUT2D eigenvalue weighted by atomic mass is 10.1. The number of aryl methyl sites for hydroxylation is 2. The number of rotatable bonds is 9. The van der Waals surface area contributed by atoms with Gasteiger partial charge in [0.1, 0.15) is 19.0 Å². The normalized spacial score (nSPS) is 10.6. The number of benzene rings is 2. The van der Waals surface area contributed by atoms with Crippen LogP contribution in [-0.4, -0.2) is 26.9 Å². The molecule has 2 rings (SSSR count). The molecule has 0 unspecified atom stereocenters. The van der Waals surface area contributed by atoms with Gasteiger partial charge in [-0.1, -0.05) is 12.1 Å². The molecule has 0 amide bonds. The van der Waals surface area contributed by atoms with Gasteiger partial charge in [-0.05, 0) is 78.6 Å². The summed E-state index contributed by atoms with van der Waals surface area (Å²) in [4.78, 5) is 0. The zero-order valence-electron chi connectivity index (χ0n) is 15.3. The minimum Gasteiger partial charge on any atom is -0.490 e. The van der Waals surface area contributed by atoms with Crippen LogP contribution in [0.2, 0.25) is 0 Å². The fourth-order valence-electron chi connectivity index (χ4n) is 2.49. The highest BCUT2D eigenvalue weighted by Gasteiger charge is 2.12. The molecule has 25 heavy (non-hydrogen) atoms. The first-order chi connectivity index (χ1) is 12.0. The third kappa shape index (κ3) is 5.65.